The highest BCUT2D eigenvalue weighted by Gasteiger charge is 2.18. The van der Waals surface area contributed by atoms with E-state index >= 15 is 0 Å². The van der Waals surface area contributed by atoms with Crippen molar-refractivity contribution in [3.05, 3.63) is 74.8 Å². The lowest BCUT2D eigenvalue weighted by atomic mass is 10.1. The second-order valence-electron chi connectivity index (χ2n) is 5.36. The Labute approximate surface area is 133 Å². The van der Waals surface area contributed by atoms with Crippen LogP contribution >= 0.6 is 0 Å². The number of hydrazone groups is 1. The highest BCUT2D eigenvalue weighted by atomic mass is 16.6. The first-order chi connectivity index (χ1) is 11.1. The first-order valence-electron chi connectivity index (χ1n) is 7.34. The van der Waals surface area contributed by atoms with E-state index in [1.807, 2.05) is 6.07 Å². The molecule has 1 aliphatic carbocycles. The van der Waals surface area contributed by atoms with Crippen LogP contribution in [0.15, 0.2) is 47.6 Å². The van der Waals surface area contributed by atoms with Crippen molar-refractivity contribution in [1.29, 1.82) is 0 Å². The number of aryl methyl sites for hydroxylation is 2. The van der Waals surface area contributed by atoms with E-state index in [2.05, 4.69) is 22.7 Å². The van der Waals surface area contributed by atoms with Crippen molar-refractivity contribution >= 4 is 17.8 Å². The van der Waals surface area contributed by atoms with Gasteiger partial charge in [0.25, 0.3) is 11.6 Å². The molecular weight excluding hydrogens is 294 g/mol. The minimum atomic E-state index is -0.602. The van der Waals surface area contributed by atoms with Crippen LogP contribution in [-0.2, 0) is 12.8 Å². The van der Waals surface area contributed by atoms with Gasteiger partial charge in [0.05, 0.1) is 11.1 Å². The molecule has 0 radical (unpaired) electrons. The van der Waals surface area contributed by atoms with E-state index in [4.69, 9.17) is 0 Å². The first-order valence-corrected chi connectivity index (χ1v) is 7.34. The number of nitro groups is 1. The van der Waals surface area contributed by atoms with E-state index in [1.165, 1.54) is 35.7 Å². The van der Waals surface area contributed by atoms with Crippen LogP contribution in [0.3, 0.4) is 0 Å². The van der Waals surface area contributed by atoms with Gasteiger partial charge in [-0.25, -0.2) is 5.43 Å². The summed E-state index contributed by atoms with van der Waals surface area (Å²) in [4.78, 5) is 22.4. The molecule has 0 unspecified atom stereocenters. The van der Waals surface area contributed by atoms with Crippen molar-refractivity contribution in [1.82, 2.24) is 5.43 Å². The predicted molar refractivity (Wildman–Crippen MR) is 86.6 cm³/mol. The zero-order valence-corrected chi connectivity index (χ0v) is 12.4. The average Bonchev–Trinajstić information content (AvgIpc) is 3.02. The fourth-order valence-electron chi connectivity index (χ4n) is 2.72. The van der Waals surface area contributed by atoms with E-state index in [0.717, 1.165) is 18.4 Å². The summed E-state index contributed by atoms with van der Waals surface area (Å²) >= 11 is 0. The van der Waals surface area contributed by atoms with Crippen LogP contribution in [-0.4, -0.2) is 17.0 Å². The van der Waals surface area contributed by atoms with Crippen molar-refractivity contribution in [2.24, 2.45) is 5.10 Å². The zero-order valence-electron chi connectivity index (χ0n) is 12.4. The van der Waals surface area contributed by atoms with Gasteiger partial charge in [-0.1, -0.05) is 24.3 Å². The number of nitrogens with one attached hydrogen (secondary N) is 1. The topological polar surface area (TPSA) is 84.6 Å². The molecule has 116 valence electrons. The molecule has 0 aliphatic heterocycles. The fourth-order valence-corrected chi connectivity index (χ4v) is 2.72. The molecule has 0 bridgehead atoms. The molecule has 23 heavy (non-hydrogen) atoms. The molecule has 0 aromatic heterocycles. The largest absolute Gasteiger partial charge is 0.282 e. The van der Waals surface area contributed by atoms with Crippen LogP contribution in [0.5, 0.6) is 0 Å². The number of rotatable bonds is 4. The predicted octanol–water partition coefficient (Wildman–Crippen LogP) is 2.85. The summed E-state index contributed by atoms with van der Waals surface area (Å²) in [6, 6.07) is 11.9. The lowest BCUT2D eigenvalue weighted by Crippen LogP contribution is -2.18. The van der Waals surface area contributed by atoms with Crippen molar-refractivity contribution < 1.29 is 9.72 Å². The molecular formula is C17H15N3O3. The van der Waals surface area contributed by atoms with Crippen LogP contribution < -0.4 is 5.43 Å². The average molecular weight is 309 g/mol. The summed E-state index contributed by atoms with van der Waals surface area (Å²) in [5.74, 6) is -0.602. The molecule has 0 heterocycles. The smallest absolute Gasteiger partial charge is 0.267 e. The molecule has 2 aromatic carbocycles. The van der Waals surface area contributed by atoms with Crippen molar-refractivity contribution in [3.8, 4) is 0 Å². The third kappa shape index (κ3) is 3.26. The molecule has 1 N–H and O–H groups in total. The summed E-state index contributed by atoms with van der Waals surface area (Å²) in [5.41, 5.74) is 5.67. The molecule has 3 rings (SSSR count). The van der Waals surface area contributed by atoms with Crippen molar-refractivity contribution in [3.63, 3.8) is 0 Å². The van der Waals surface area contributed by atoms with Gasteiger partial charge in [0, 0.05) is 6.07 Å². The zero-order chi connectivity index (χ0) is 16.2. The number of nitro benzene ring substituents is 1. The van der Waals surface area contributed by atoms with Crippen molar-refractivity contribution in [2.45, 2.75) is 19.3 Å². The Kier molecular flexibility index (Phi) is 4.14. The quantitative estimate of drug-likeness (QED) is 0.535. The normalized spacial score (nSPS) is 13.0. The Hall–Kier alpha value is -3.02. The lowest BCUT2D eigenvalue weighted by molar-refractivity contribution is -0.385. The molecule has 0 atom stereocenters. The highest BCUT2D eigenvalue weighted by molar-refractivity contribution is 5.98. The fraction of sp³-hybridized carbons (Fsp3) is 0.176. The Morgan fingerprint density at radius 2 is 1.96 bits per heavy atom. The highest BCUT2D eigenvalue weighted by Crippen LogP contribution is 2.22. The molecule has 0 saturated heterocycles. The van der Waals surface area contributed by atoms with Gasteiger partial charge in [0.1, 0.15) is 5.56 Å². The molecule has 6 nitrogen and oxygen atoms in total. The lowest BCUT2D eigenvalue weighted by Gasteiger charge is -2.02. The maximum absolute atomic E-state index is 12.0. The van der Waals surface area contributed by atoms with Crippen LogP contribution in [0.4, 0.5) is 5.69 Å². The number of hydrogen-bond donors (Lipinski definition) is 1. The van der Waals surface area contributed by atoms with E-state index in [1.54, 1.807) is 12.3 Å². The van der Waals surface area contributed by atoms with Gasteiger partial charge >= 0.3 is 0 Å². The van der Waals surface area contributed by atoms with E-state index < -0.39 is 10.8 Å². The number of fused-ring (bicyclic) bond motifs is 1. The van der Waals surface area contributed by atoms with Gasteiger partial charge in [-0.15, -0.1) is 0 Å². The minimum Gasteiger partial charge on any atom is -0.267 e. The van der Waals surface area contributed by atoms with Crippen LogP contribution in [0.1, 0.15) is 33.5 Å². The van der Waals surface area contributed by atoms with Gasteiger partial charge in [0.2, 0.25) is 0 Å². The Balaban J connectivity index is 1.71. The second-order valence-corrected chi connectivity index (χ2v) is 5.36. The standard InChI is InChI=1S/C17H15N3O3/c21-17(15-6-1-2-7-16(15)20(22)23)19-18-11-12-8-9-13-4-3-5-14(13)10-12/h1-2,6-11H,3-5H2,(H,19,21)/b18-11+. The van der Waals surface area contributed by atoms with E-state index in [-0.39, 0.29) is 11.3 Å². The van der Waals surface area contributed by atoms with Gasteiger partial charge in [-0.2, -0.15) is 5.10 Å². The minimum absolute atomic E-state index is 0.0106. The van der Waals surface area contributed by atoms with Gasteiger partial charge < -0.3 is 0 Å². The summed E-state index contributed by atoms with van der Waals surface area (Å²) in [7, 11) is 0. The number of carbonyl (C=O) groups is 1. The molecule has 0 spiro atoms. The molecule has 1 aliphatic rings. The maximum Gasteiger partial charge on any atom is 0.282 e. The summed E-state index contributed by atoms with van der Waals surface area (Å²) in [6.07, 6.45) is 4.90. The Morgan fingerprint density at radius 1 is 1.17 bits per heavy atom. The number of amides is 1. The molecule has 2 aromatic rings. The first kappa shape index (κ1) is 14.9. The van der Waals surface area contributed by atoms with E-state index in [0.29, 0.717) is 0 Å². The Bertz CT molecular complexity index is 799. The monoisotopic (exact) mass is 309 g/mol. The van der Waals surface area contributed by atoms with Crippen LogP contribution in [0.2, 0.25) is 0 Å². The third-order valence-electron chi connectivity index (χ3n) is 3.85. The van der Waals surface area contributed by atoms with Gasteiger partial charge in [-0.3, -0.25) is 14.9 Å². The summed E-state index contributed by atoms with van der Waals surface area (Å²) in [6.45, 7) is 0. The van der Waals surface area contributed by atoms with Crippen LogP contribution in [0.25, 0.3) is 0 Å². The second kappa shape index (κ2) is 6.39. The number of benzene rings is 2. The SMILES string of the molecule is O=C(N/N=C/c1ccc2c(c1)CCC2)c1ccccc1[N+](=O)[O-]. The number of para-hydroxylation sites is 1. The van der Waals surface area contributed by atoms with Crippen molar-refractivity contribution in [2.75, 3.05) is 0 Å². The molecule has 0 fully saturated rings. The summed E-state index contributed by atoms with van der Waals surface area (Å²) < 4.78 is 0. The number of carbonyl (C=O) groups excluding carboxylic acids is 1. The number of nitrogens with zero attached hydrogens (tertiary/aromatic N) is 2. The maximum atomic E-state index is 12.0. The third-order valence-corrected chi connectivity index (χ3v) is 3.85. The number of hydrogen-bond acceptors (Lipinski definition) is 4. The summed E-state index contributed by atoms with van der Waals surface area (Å²) in [5, 5.41) is 14.8. The molecule has 6 heteroatoms. The van der Waals surface area contributed by atoms with Gasteiger partial charge in [0.15, 0.2) is 0 Å². The Morgan fingerprint density at radius 3 is 2.78 bits per heavy atom. The molecule has 1 amide bonds. The van der Waals surface area contributed by atoms with E-state index in [9.17, 15) is 14.9 Å². The van der Waals surface area contributed by atoms with Gasteiger partial charge in [-0.05, 0) is 48.1 Å². The molecule has 0 saturated carbocycles. The van der Waals surface area contributed by atoms with Crippen LogP contribution in [0, 0.1) is 10.1 Å².